The van der Waals surface area contributed by atoms with E-state index in [2.05, 4.69) is 16.0 Å². The monoisotopic (exact) mass is 361 g/mol. The molecule has 3 aromatic rings. The second kappa shape index (κ2) is 7.58. The van der Waals surface area contributed by atoms with E-state index < -0.39 is 0 Å². The number of carbonyl (C=O) groups excluding carboxylic acids is 1. The van der Waals surface area contributed by atoms with Crippen molar-refractivity contribution in [3.05, 3.63) is 72.4 Å². The lowest BCUT2D eigenvalue weighted by atomic mass is 10.1. The summed E-state index contributed by atoms with van der Waals surface area (Å²) >= 11 is 0. The number of nitrogens with one attached hydrogen (secondary N) is 1. The zero-order valence-corrected chi connectivity index (χ0v) is 15.4. The van der Waals surface area contributed by atoms with Gasteiger partial charge in [-0.25, -0.2) is 0 Å². The van der Waals surface area contributed by atoms with Crippen LogP contribution < -0.4 is 9.64 Å². The van der Waals surface area contributed by atoms with Crippen LogP contribution in [0.1, 0.15) is 10.4 Å². The Labute approximate surface area is 159 Å². The highest BCUT2D eigenvalue weighted by molar-refractivity contribution is 5.95. The smallest absolute Gasteiger partial charge is 0.255 e. The van der Waals surface area contributed by atoms with Gasteiger partial charge in [-0.2, -0.15) is 0 Å². The predicted molar refractivity (Wildman–Crippen MR) is 107 cm³/mol. The highest BCUT2D eigenvalue weighted by Crippen LogP contribution is 2.28. The number of ether oxygens (including phenoxy) is 1. The Bertz CT molecular complexity index is 912. The van der Waals surface area contributed by atoms with E-state index in [-0.39, 0.29) is 5.91 Å². The number of aromatic amines is 1. The predicted octanol–water partition coefficient (Wildman–Crippen LogP) is 3.65. The molecule has 138 valence electrons. The zero-order chi connectivity index (χ0) is 18.6. The molecule has 1 aliphatic heterocycles. The van der Waals surface area contributed by atoms with Crippen molar-refractivity contribution in [1.29, 1.82) is 0 Å². The Balaban J connectivity index is 1.43. The van der Waals surface area contributed by atoms with Gasteiger partial charge >= 0.3 is 0 Å². The number of aromatic nitrogens is 1. The molecule has 1 aromatic heterocycles. The number of anilines is 1. The SMILES string of the molecule is COc1ccccc1N1CCN(C(=O)c2c[nH]c(-c3ccccc3)c2)CC1. The summed E-state index contributed by atoms with van der Waals surface area (Å²) in [4.78, 5) is 20.3. The number of H-pyrrole nitrogens is 1. The second-order valence-corrected chi connectivity index (χ2v) is 6.62. The standard InChI is InChI=1S/C22H23N3O2/c1-27-21-10-6-5-9-20(21)24-11-13-25(14-12-24)22(26)18-15-19(23-16-18)17-7-3-2-4-8-17/h2-10,15-16,23H,11-14H2,1H3. The normalized spacial score (nSPS) is 14.3. The van der Waals surface area contributed by atoms with E-state index in [9.17, 15) is 4.79 Å². The molecule has 1 saturated heterocycles. The number of para-hydroxylation sites is 2. The third kappa shape index (κ3) is 3.53. The number of amides is 1. The summed E-state index contributed by atoms with van der Waals surface area (Å²) in [6.45, 7) is 2.98. The fraction of sp³-hybridized carbons (Fsp3) is 0.227. The summed E-state index contributed by atoms with van der Waals surface area (Å²) in [6, 6.07) is 20.0. The second-order valence-electron chi connectivity index (χ2n) is 6.62. The van der Waals surface area contributed by atoms with Crippen LogP contribution in [0.15, 0.2) is 66.9 Å². The Hall–Kier alpha value is -3.21. The molecule has 0 spiro atoms. The van der Waals surface area contributed by atoms with Crippen LogP contribution in [0.5, 0.6) is 5.75 Å². The summed E-state index contributed by atoms with van der Waals surface area (Å²) in [7, 11) is 1.69. The number of methoxy groups -OCH3 is 1. The molecule has 27 heavy (non-hydrogen) atoms. The van der Waals surface area contributed by atoms with E-state index in [1.165, 1.54) is 0 Å². The number of hydrogen-bond donors (Lipinski definition) is 1. The molecule has 1 N–H and O–H groups in total. The number of rotatable bonds is 4. The summed E-state index contributed by atoms with van der Waals surface area (Å²) < 4.78 is 5.46. The van der Waals surface area contributed by atoms with Gasteiger partial charge in [0.1, 0.15) is 5.75 Å². The molecular weight excluding hydrogens is 338 g/mol. The van der Waals surface area contributed by atoms with Crippen molar-refractivity contribution in [3.8, 4) is 17.0 Å². The van der Waals surface area contributed by atoms with Crippen molar-refractivity contribution >= 4 is 11.6 Å². The third-order valence-corrected chi connectivity index (χ3v) is 5.01. The molecule has 2 heterocycles. The maximum atomic E-state index is 12.9. The van der Waals surface area contributed by atoms with Gasteiger partial charge in [0.2, 0.25) is 0 Å². The summed E-state index contributed by atoms with van der Waals surface area (Å²) in [5.41, 5.74) is 3.84. The van der Waals surface area contributed by atoms with Gasteiger partial charge < -0.3 is 19.5 Å². The highest BCUT2D eigenvalue weighted by atomic mass is 16.5. The third-order valence-electron chi connectivity index (χ3n) is 5.01. The topological polar surface area (TPSA) is 48.6 Å². The van der Waals surface area contributed by atoms with Crippen LogP contribution in [0.3, 0.4) is 0 Å². The molecule has 5 nitrogen and oxygen atoms in total. The fourth-order valence-corrected chi connectivity index (χ4v) is 3.53. The van der Waals surface area contributed by atoms with Gasteiger partial charge in [0.25, 0.3) is 5.91 Å². The van der Waals surface area contributed by atoms with Gasteiger partial charge in [0.05, 0.1) is 18.4 Å². The molecule has 1 amide bonds. The molecule has 4 rings (SSSR count). The van der Waals surface area contributed by atoms with Crippen molar-refractivity contribution in [3.63, 3.8) is 0 Å². The largest absolute Gasteiger partial charge is 0.495 e. The molecule has 0 unspecified atom stereocenters. The molecule has 1 aliphatic rings. The average molecular weight is 361 g/mol. The minimum atomic E-state index is 0.0770. The maximum Gasteiger partial charge on any atom is 0.255 e. The van der Waals surface area contributed by atoms with E-state index >= 15 is 0 Å². The molecular formula is C22H23N3O2. The van der Waals surface area contributed by atoms with Crippen LogP contribution >= 0.6 is 0 Å². The van der Waals surface area contributed by atoms with Crippen LogP contribution in [0, 0.1) is 0 Å². The fourth-order valence-electron chi connectivity index (χ4n) is 3.53. The Morgan fingerprint density at radius 3 is 2.41 bits per heavy atom. The maximum absolute atomic E-state index is 12.9. The van der Waals surface area contributed by atoms with Crippen molar-refractivity contribution in [2.45, 2.75) is 0 Å². The van der Waals surface area contributed by atoms with Crippen LogP contribution in [-0.2, 0) is 0 Å². The lowest BCUT2D eigenvalue weighted by Gasteiger charge is -2.36. The van der Waals surface area contributed by atoms with E-state index in [0.29, 0.717) is 18.7 Å². The van der Waals surface area contributed by atoms with Gasteiger partial charge in [-0.3, -0.25) is 4.79 Å². The van der Waals surface area contributed by atoms with E-state index in [4.69, 9.17) is 4.74 Å². The first-order valence-electron chi connectivity index (χ1n) is 9.17. The lowest BCUT2D eigenvalue weighted by molar-refractivity contribution is 0.0747. The van der Waals surface area contributed by atoms with Crippen LogP contribution in [-0.4, -0.2) is 49.1 Å². The van der Waals surface area contributed by atoms with Crippen molar-refractivity contribution in [2.24, 2.45) is 0 Å². The number of nitrogens with zero attached hydrogens (tertiary/aromatic N) is 2. The van der Waals surface area contributed by atoms with Gasteiger partial charge in [0, 0.05) is 38.1 Å². The quantitative estimate of drug-likeness (QED) is 0.772. The first kappa shape index (κ1) is 17.2. The molecule has 0 radical (unpaired) electrons. The number of benzene rings is 2. The van der Waals surface area contributed by atoms with Crippen LogP contribution in [0.4, 0.5) is 5.69 Å². The van der Waals surface area contributed by atoms with Crippen molar-refractivity contribution in [2.75, 3.05) is 38.2 Å². The van der Waals surface area contributed by atoms with Gasteiger partial charge in [0.15, 0.2) is 0 Å². The van der Waals surface area contributed by atoms with E-state index in [0.717, 1.165) is 35.8 Å². The lowest BCUT2D eigenvalue weighted by Crippen LogP contribution is -2.48. The zero-order valence-electron chi connectivity index (χ0n) is 15.4. The molecule has 1 fully saturated rings. The van der Waals surface area contributed by atoms with Gasteiger partial charge in [-0.05, 0) is 23.8 Å². The first-order valence-corrected chi connectivity index (χ1v) is 9.17. The summed E-state index contributed by atoms with van der Waals surface area (Å²) in [6.07, 6.45) is 1.80. The Morgan fingerprint density at radius 1 is 0.963 bits per heavy atom. The molecule has 0 bridgehead atoms. The minimum Gasteiger partial charge on any atom is -0.495 e. The van der Waals surface area contributed by atoms with Crippen LogP contribution in [0.25, 0.3) is 11.3 Å². The molecule has 0 aliphatic carbocycles. The number of hydrogen-bond acceptors (Lipinski definition) is 3. The van der Waals surface area contributed by atoms with Gasteiger partial charge in [-0.1, -0.05) is 42.5 Å². The molecule has 2 aromatic carbocycles. The molecule has 5 heteroatoms. The molecule has 0 atom stereocenters. The number of piperazine rings is 1. The van der Waals surface area contributed by atoms with Crippen LogP contribution in [0.2, 0.25) is 0 Å². The highest BCUT2D eigenvalue weighted by Gasteiger charge is 2.24. The van der Waals surface area contributed by atoms with Gasteiger partial charge in [-0.15, -0.1) is 0 Å². The Morgan fingerprint density at radius 2 is 1.67 bits per heavy atom. The average Bonchev–Trinajstić information content (AvgIpc) is 3.24. The number of carbonyl (C=O) groups is 1. The van der Waals surface area contributed by atoms with Crippen molar-refractivity contribution in [1.82, 2.24) is 9.88 Å². The first-order chi connectivity index (χ1) is 13.3. The van der Waals surface area contributed by atoms with E-state index in [1.807, 2.05) is 59.5 Å². The van der Waals surface area contributed by atoms with E-state index in [1.54, 1.807) is 13.3 Å². The summed E-state index contributed by atoms with van der Waals surface area (Å²) in [5.74, 6) is 0.948. The molecule has 0 saturated carbocycles. The Kier molecular flexibility index (Phi) is 4.83. The minimum absolute atomic E-state index is 0.0770. The van der Waals surface area contributed by atoms with Crippen molar-refractivity contribution < 1.29 is 9.53 Å². The summed E-state index contributed by atoms with van der Waals surface area (Å²) in [5, 5.41) is 0.